The molecule has 2 N–H and O–H groups in total. The van der Waals surface area contributed by atoms with Crippen LogP contribution in [0.3, 0.4) is 0 Å². The van der Waals surface area contributed by atoms with Crippen molar-refractivity contribution in [2.45, 2.75) is 13.3 Å². The monoisotopic (exact) mass is 261 g/mol. The van der Waals surface area contributed by atoms with Gasteiger partial charge in [-0.1, -0.05) is 11.6 Å². The molecule has 1 aromatic heterocycles. The van der Waals surface area contributed by atoms with Crippen LogP contribution in [-0.4, -0.2) is 16.1 Å². The van der Waals surface area contributed by atoms with E-state index in [0.717, 1.165) is 5.56 Å². The van der Waals surface area contributed by atoms with Crippen LogP contribution in [0.1, 0.15) is 11.1 Å². The van der Waals surface area contributed by atoms with Gasteiger partial charge in [0, 0.05) is 28.4 Å². The maximum Gasteiger partial charge on any atom is 1.00 e. The SMILES string of the molecule is Cc1cc(Cl)cc2[nH]c(O)c(CC(=O)[O-])c12.[Na+]. The number of aryl methyl sites for hydroxylation is 1. The first-order chi connectivity index (χ1) is 7.49. The van der Waals surface area contributed by atoms with E-state index in [9.17, 15) is 15.0 Å². The molecule has 2 aromatic rings. The van der Waals surface area contributed by atoms with Gasteiger partial charge in [0.05, 0.1) is 5.52 Å². The van der Waals surface area contributed by atoms with Gasteiger partial charge in [-0.05, 0) is 24.6 Å². The average molecular weight is 262 g/mol. The molecule has 0 saturated heterocycles. The number of halogens is 1. The zero-order chi connectivity index (χ0) is 11.9. The fraction of sp³-hybridized carbons (Fsp3) is 0.182. The summed E-state index contributed by atoms with van der Waals surface area (Å²) in [5, 5.41) is 21.4. The van der Waals surface area contributed by atoms with Crippen LogP contribution in [0.25, 0.3) is 10.9 Å². The fourth-order valence-corrected chi connectivity index (χ4v) is 2.15. The van der Waals surface area contributed by atoms with Crippen LogP contribution in [-0.2, 0) is 11.2 Å². The molecule has 0 radical (unpaired) electrons. The molecule has 0 aliphatic rings. The van der Waals surface area contributed by atoms with Gasteiger partial charge >= 0.3 is 29.6 Å². The molecule has 0 aliphatic heterocycles. The number of nitrogens with one attached hydrogen (secondary N) is 1. The number of H-pyrrole nitrogens is 1. The Bertz CT molecular complexity index is 580. The van der Waals surface area contributed by atoms with Crippen molar-refractivity contribution in [3.05, 3.63) is 28.3 Å². The number of hydrogen-bond acceptors (Lipinski definition) is 3. The Morgan fingerprint density at radius 2 is 2.18 bits per heavy atom. The Morgan fingerprint density at radius 1 is 1.53 bits per heavy atom. The second-order valence-corrected chi connectivity index (χ2v) is 4.08. The first-order valence-electron chi connectivity index (χ1n) is 4.68. The number of hydrogen-bond donors (Lipinski definition) is 2. The van der Waals surface area contributed by atoms with Crippen LogP contribution in [0.15, 0.2) is 12.1 Å². The predicted octanol–water partition coefficient (Wildman–Crippen LogP) is -1.87. The number of carbonyl (C=O) groups excluding carboxylic acids is 1. The van der Waals surface area contributed by atoms with Gasteiger partial charge in [0.25, 0.3) is 0 Å². The Balaban J connectivity index is 0.00000144. The van der Waals surface area contributed by atoms with Gasteiger partial charge in [0.2, 0.25) is 0 Å². The smallest absolute Gasteiger partial charge is 0.550 e. The second kappa shape index (κ2) is 5.31. The third-order valence-electron chi connectivity index (χ3n) is 2.46. The summed E-state index contributed by atoms with van der Waals surface area (Å²) in [6, 6.07) is 3.36. The molecule has 0 fully saturated rings. The van der Waals surface area contributed by atoms with Gasteiger partial charge in [0.1, 0.15) is 0 Å². The second-order valence-electron chi connectivity index (χ2n) is 3.65. The number of aliphatic carboxylic acids is 1. The molecule has 1 aromatic carbocycles. The minimum Gasteiger partial charge on any atom is -0.550 e. The fourth-order valence-electron chi connectivity index (χ4n) is 1.88. The number of carboxylic acids is 1. The van der Waals surface area contributed by atoms with Crippen molar-refractivity contribution in [1.82, 2.24) is 4.98 Å². The molecule has 0 spiro atoms. The minimum atomic E-state index is -1.23. The number of aromatic nitrogens is 1. The standard InChI is InChI=1S/C11H10ClNO3.Na/c1-5-2-6(12)3-8-10(5)7(4-9(14)15)11(16)13-8;/h2-3,13,16H,4H2,1H3,(H,14,15);/q;+1/p-1. The molecule has 84 valence electrons. The van der Waals surface area contributed by atoms with Gasteiger partial charge in [-0.15, -0.1) is 0 Å². The van der Waals surface area contributed by atoms with Crippen LogP contribution in [0.5, 0.6) is 5.88 Å². The van der Waals surface area contributed by atoms with Gasteiger partial charge in [-0.2, -0.15) is 0 Å². The van der Waals surface area contributed by atoms with E-state index in [1.807, 2.05) is 0 Å². The van der Waals surface area contributed by atoms with Gasteiger partial charge in [0.15, 0.2) is 5.88 Å². The van der Waals surface area contributed by atoms with E-state index in [1.54, 1.807) is 19.1 Å². The molecule has 0 saturated carbocycles. The number of aromatic hydroxyl groups is 1. The summed E-state index contributed by atoms with van der Waals surface area (Å²) in [5.74, 6) is -1.38. The number of rotatable bonds is 2. The molecule has 17 heavy (non-hydrogen) atoms. The van der Waals surface area contributed by atoms with Crippen molar-refractivity contribution in [2.75, 3.05) is 0 Å². The summed E-state index contributed by atoms with van der Waals surface area (Å²) in [4.78, 5) is 13.3. The summed E-state index contributed by atoms with van der Waals surface area (Å²) in [6.45, 7) is 1.81. The molecular formula is C11H9ClNNaO3. The average Bonchev–Trinajstić information content (AvgIpc) is 2.41. The minimum absolute atomic E-state index is 0. The molecule has 2 rings (SSSR count). The molecule has 6 heteroatoms. The zero-order valence-electron chi connectivity index (χ0n) is 9.50. The van der Waals surface area contributed by atoms with Gasteiger partial charge in [-0.25, -0.2) is 0 Å². The van der Waals surface area contributed by atoms with E-state index in [-0.39, 0.29) is 41.9 Å². The maximum absolute atomic E-state index is 10.6. The Kier molecular flexibility index (Phi) is 4.49. The van der Waals surface area contributed by atoms with E-state index in [4.69, 9.17) is 11.6 Å². The van der Waals surface area contributed by atoms with Crippen molar-refractivity contribution in [1.29, 1.82) is 0 Å². The molecular weight excluding hydrogens is 253 g/mol. The normalized spacial score (nSPS) is 10.2. The largest absolute Gasteiger partial charge is 1.00 e. The van der Waals surface area contributed by atoms with E-state index in [2.05, 4.69) is 4.98 Å². The van der Waals surface area contributed by atoms with Crippen LogP contribution >= 0.6 is 11.6 Å². The summed E-state index contributed by atoms with van der Waals surface area (Å²) < 4.78 is 0. The van der Waals surface area contributed by atoms with Crippen molar-refractivity contribution in [3.63, 3.8) is 0 Å². The van der Waals surface area contributed by atoms with E-state index >= 15 is 0 Å². The van der Waals surface area contributed by atoms with E-state index in [1.165, 1.54) is 0 Å². The molecule has 0 aliphatic carbocycles. The summed E-state index contributed by atoms with van der Waals surface area (Å²) in [5.41, 5.74) is 1.78. The van der Waals surface area contributed by atoms with Crippen molar-refractivity contribution in [3.8, 4) is 5.88 Å². The molecule has 4 nitrogen and oxygen atoms in total. The third-order valence-corrected chi connectivity index (χ3v) is 2.68. The zero-order valence-corrected chi connectivity index (χ0v) is 12.3. The molecule has 0 bridgehead atoms. The molecule has 0 amide bonds. The Morgan fingerprint density at radius 3 is 2.76 bits per heavy atom. The topological polar surface area (TPSA) is 76.1 Å². The van der Waals surface area contributed by atoms with E-state index in [0.29, 0.717) is 21.5 Å². The van der Waals surface area contributed by atoms with Crippen molar-refractivity contribution < 1.29 is 44.6 Å². The van der Waals surface area contributed by atoms with Gasteiger partial charge in [-0.3, -0.25) is 0 Å². The first kappa shape index (κ1) is 14.4. The molecule has 0 atom stereocenters. The first-order valence-corrected chi connectivity index (χ1v) is 5.06. The number of aromatic amines is 1. The van der Waals surface area contributed by atoms with Crippen LogP contribution in [0.2, 0.25) is 5.02 Å². The van der Waals surface area contributed by atoms with E-state index < -0.39 is 5.97 Å². The number of carbonyl (C=O) groups is 1. The maximum atomic E-state index is 10.6. The Hall–Kier alpha value is -0.680. The van der Waals surface area contributed by atoms with Crippen molar-refractivity contribution in [2.24, 2.45) is 0 Å². The summed E-state index contributed by atoms with van der Waals surface area (Å²) in [6.07, 6.45) is -0.325. The Labute approximate surface area is 125 Å². The van der Waals surface area contributed by atoms with Crippen LogP contribution < -0.4 is 34.7 Å². The van der Waals surface area contributed by atoms with Gasteiger partial charge < -0.3 is 20.0 Å². The quantitative estimate of drug-likeness (QED) is 0.622. The summed E-state index contributed by atoms with van der Waals surface area (Å²) in [7, 11) is 0. The summed E-state index contributed by atoms with van der Waals surface area (Å²) >= 11 is 5.86. The molecule has 1 heterocycles. The van der Waals surface area contributed by atoms with Crippen LogP contribution in [0.4, 0.5) is 0 Å². The van der Waals surface area contributed by atoms with Crippen molar-refractivity contribution >= 4 is 28.5 Å². The number of benzene rings is 1. The predicted molar refractivity (Wildman–Crippen MR) is 58.4 cm³/mol. The number of fused-ring (bicyclic) bond motifs is 1. The van der Waals surface area contributed by atoms with Crippen LogP contribution in [0, 0.1) is 6.92 Å². The third kappa shape index (κ3) is 2.77. The number of carboxylic acid groups (broad SMARTS) is 1. The molecule has 0 unspecified atom stereocenters.